The van der Waals surface area contributed by atoms with E-state index in [2.05, 4.69) is 16.4 Å². The highest BCUT2D eigenvalue weighted by atomic mass is 32.2. The molecule has 0 aromatic carbocycles. The fourth-order valence-electron chi connectivity index (χ4n) is 1.45. The van der Waals surface area contributed by atoms with Gasteiger partial charge in [-0.05, 0) is 24.3 Å². The third-order valence-electron chi connectivity index (χ3n) is 2.23. The monoisotopic (exact) mass is 194 g/mol. The van der Waals surface area contributed by atoms with Crippen LogP contribution in [-0.4, -0.2) is 22.5 Å². The van der Waals surface area contributed by atoms with Crippen LogP contribution in [0.4, 0.5) is 0 Å². The second-order valence-corrected chi connectivity index (χ2v) is 4.41. The predicted octanol–water partition coefficient (Wildman–Crippen LogP) is 1.68. The van der Waals surface area contributed by atoms with Crippen molar-refractivity contribution in [1.29, 1.82) is 0 Å². The van der Waals surface area contributed by atoms with Gasteiger partial charge in [-0.3, -0.25) is 4.98 Å². The van der Waals surface area contributed by atoms with Crippen molar-refractivity contribution in [3.8, 4) is 0 Å². The third-order valence-corrected chi connectivity index (χ3v) is 3.39. The Morgan fingerprint density at radius 2 is 2.54 bits per heavy atom. The molecule has 1 aliphatic rings. The topological polar surface area (TPSA) is 24.9 Å². The molecule has 0 saturated carbocycles. The number of hydrogen-bond acceptors (Lipinski definition) is 3. The first-order valence-corrected chi connectivity index (χ1v) is 5.81. The summed E-state index contributed by atoms with van der Waals surface area (Å²) in [6.07, 6.45) is 3.15. The first-order valence-electron chi connectivity index (χ1n) is 4.66. The molecule has 13 heavy (non-hydrogen) atoms. The van der Waals surface area contributed by atoms with E-state index in [9.17, 15) is 0 Å². The Labute approximate surface area is 83.1 Å². The number of hydrogen-bond donors (Lipinski definition) is 1. The molecule has 0 radical (unpaired) electrons. The minimum absolute atomic E-state index is 0.701. The van der Waals surface area contributed by atoms with Crippen molar-refractivity contribution in [1.82, 2.24) is 10.3 Å². The van der Waals surface area contributed by atoms with E-state index in [0.717, 1.165) is 12.2 Å². The molecule has 2 rings (SSSR count). The Bertz CT molecular complexity index is 244. The van der Waals surface area contributed by atoms with E-state index < -0.39 is 0 Å². The van der Waals surface area contributed by atoms with E-state index >= 15 is 0 Å². The molecule has 2 heterocycles. The summed E-state index contributed by atoms with van der Waals surface area (Å²) in [4.78, 5) is 4.27. The molecule has 1 saturated heterocycles. The van der Waals surface area contributed by atoms with Gasteiger partial charge in [-0.25, -0.2) is 0 Å². The van der Waals surface area contributed by atoms with Crippen LogP contribution in [0.15, 0.2) is 24.4 Å². The predicted molar refractivity (Wildman–Crippen MR) is 56.8 cm³/mol. The summed E-state index contributed by atoms with van der Waals surface area (Å²) in [7, 11) is 0. The molecule has 70 valence electrons. The number of nitrogens with zero attached hydrogens (tertiary/aromatic N) is 1. The molecule has 0 unspecified atom stereocenters. The van der Waals surface area contributed by atoms with Crippen LogP contribution in [0, 0.1) is 0 Å². The van der Waals surface area contributed by atoms with E-state index in [-0.39, 0.29) is 0 Å². The van der Waals surface area contributed by atoms with Crippen molar-refractivity contribution in [2.24, 2.45) is 0 Å². The Balaban J connectivity index is 1.79. The molecule has 0 bridgehead atoms. The smallest absolute Gasteiger partial charge is 0.0541 e. The maximum absolute atomic E-state index is 4.27. The highest BCUT2D eigenvalue weighted by Gasteiger charge is 2.14. The molecule has 3 heteroatoms. The van der Waals surface area contributed by atoms with Gasteiger partial charge in [-0.1, -0.05) is 6.07 Å². The Morgan fingerprint density at radius 3 is 3.23 bits per heavy atom. The van der Waals surface area contributed by atoms with Crippen LogP contribution < -0.4 is 5.32 Å². The summed E-state index contributed by atoms with van der Waals surface area (Å²) in [5.41, 5.74) is 1.14. The molecule has 0 amide bonds. The van der Waals surface area contributed by atoms with Gasteiger partial charge in [-0.2, -0.15) is 11.8 Å². The van der Waals surface area contributed by atoms with Crippen LogP contribution in [0.3, 0.4) is 0 Å². The van der Waals surface area contributed by atoms with Gasteiger partial charge in [0.25, 0.3) is 0 Å². The van der Waals surface area contributed by atoms with Gasteiger partial charge in [0.2, 0.25) is 0 Å². The van der Waals surface area contributed by atoms with Crippen LogP contribution in [0.5, 0.6) is 0 Å². The highest BCUT2D eigenvalue weighted by Crippen LogP contribution is 2.17. The summed E-state index contributed by atoms with van der Waals surface area (Å²) in [5.74, 6) is 2.56. The van der Waals surface area contributed by atoms with Crippen molar-refractivity contribution in [3.05, 3.63) is 30.1 Å². The molecule has 0 aliphatic carbocycles. The van der Waals surface area contributed by atoms with E-state index in [1.165, 1.54) is 17.9 Å². The van der Waals surface area contributed by atoms with Crippen LogP contribution in [0.1, 0.15) is 12.1 Å². The van der Waals surface area contributed by atoms with E-state index in [4.69, 9.17) is 0 Å². The van der Waals surface area contributed by atoms with Crippen LogP contribution >= 0.6 is 11.8 Å². The maximum Gasteiger partial charge on any atom is 0.0541 e. The van der Waals surface area contributed by atoms with Gasteiger partial charge in [0.1, 0.15) is 0 Å². The Hall–Kier alpha value is -0.540. The quantitative estimate of drug-likeness (QED) is 0.792. The lowest BCUT2D eigenvalue weighted by Crippen LogP contribution is -2.28. The van der Waals surface area contributed by atoms with Gasteiger partial charge in [0.05, 0.1) is 5.69 Å². The highest BCUT2D eigenvalue weighted by molar-refractivity contribution is 7.99. The molecule has 1 fully saturated rings. The molecule has 1 aliphatic heterocycles. The second-order valence-electron chi connectivity index (χ2n) is 3.26. The molecular weight excluding hydrogens is 180 g/mol. The molecule has 1 N–H and O–H groups in total. The number of thioether (sulfide) groups is 1. The zero-order valence-electron chi connectivity index (χ0n) is 7.57. The number of nitrogens with one attached hydrogen (secondary N) is 1. The van der Waals surface area contributed by atoms with Crippen molar-refractivity contribution < 1.29 is 0 Å². The average Bonchev–Trinajstić information content (AvgIpc) is 2.69. The van der Waals surface area contributed by atoms with Crippen molar-refractivity contribution in [3.63, 3.8) is 0 Å². The summed E-state index contributed by atoms with van der Waals surface area (Å²) < 4.78 is 0. The van der Waals surface area contributed by atoms with Gasteiger partial charge in [0.15, 0.2) is 0 Å². The minimum Gasteiger partial charge on any atom is -0.308 e. The van der Waals surface area contributed by atoms with Crippen LogP contribution in [-0.2, 0) is 6.54 Å². The largest absolute Gasteiger partial charge is 0.308 e. The fraction of sp³-hybridized carbons (Fsp3) is 0.500. The molecule has 1 atom stereocenters. The third kappa shape index (κ3) is 2.71. The maximum atomic E-state index is 4.27. The molecule has 1 aromatic rings. The fourth-order valence-corrected chi connectivity index (χ4v) is 2.63. The van der Waals surface area contributed by atoms with Crippen molar-refractivity contribution in [2.75, 3.05) is 11.5 Å². The summed E-state index contributed by atoms with van der Waals surface area (Å²) in [6.45, 7) is 0.909. The minimum atomic E-state index is 0.701. The summed E-state index contributed by atoms with van der Waals surface area (Å²) in [5, 5.41) is 3.51. The first-order chi connectivity index (χ1) is 6.45. The molecular formula is C10H14N2S. The zero-order chi connectivity index (χ0) is 8.93. The molecule has 2 nitrogen and oxygen atoms in total. The Morgan fingerprint density at radius 1 is 1.54 bits per heavy atom. The van der Waals surface area contributed by atoms with Crippen LogP contribution in [0.25, 0.3) is 0 Å². The van der Waals surface area contributed by atoms with Gasteiger partial charge < -0.3 is 5.32 Å². The SMILES string of the molecule is c1ccc(CN[C@H]2CCSC2)nc1. The normalized spacial score (nSPS) is 22.0. The van der Waals surface area contributed by atoms with E-state index in [1.807, 2.05) is 30.1 Å². The van der Waals surface area contributed by atoms with Crippen molar-refractivity contribution >= 4 is 11.8 Å². The Kier molecular flexibility index (Phi) is 3.22. The number of aromatic nitrogens is 1. The lowest BCUT2D eigenvalue weighted by atomic mass is 10.2. The number of pyridine rings is 1. The van der Waals surface area contributed by atoms with Crippen LogP contribution in [0.2, 0.25) is 0 Å². The lowest BCUT2D eigenvalue weighted by molar-refractivity contribution is 0.552. The lowest BCUT2D eigenvalue weighted by Gasteiger charge is -2.09. The summed E-state index contributed by atoms with van der Waals surface area (Å²) >= 11 is 2.03. The van der Waals surface area contributed by atoms with Crippen molar-refractivity contribution in [2.45, 2.75) is 19.0 Å². The molecule has 0 spiro atoms. The zero-order valence-corrected chi connectivity index (χ0v) is 8.39. The van der Waals surface area contributed by atoms with Gasteiger partial charge in [0, 0.05) is 24.5 Å². The van der Waals surface area contributed by atoms with Gasteiger partial charge >= 0.3 is 0 Å². The van der Waals surface area contributed by atoms with Gasteiger partial charge in [-0.15, -0.1) is 0 Å². The molecule has 1 aromatic heterocycles. The average molecular weight is 194 g/mol. The second kappa shape index (κ2) is 4.63. The van der Waals surface area contributed by atoms with E-state index in [1.54, 1.807) is 0 Å². The first kappa shape index (κ1) is 9.03. The van der Waals surface area contributed by atoms with E-state index in [0.29, 0.717) is 6.04 Å². The number of rotatable bonds is 3. The summed E-state index contributed by atoms with van der Waals surface area (Å²) in [6, 6.07) is 6.75. The standard InChI is InChI=1S/C10H14N2S/c1-2-5-11-9(3-1)7-12-10-4-6-13-8-10/h1-3,5,10,12H,4,6-8H2/t10-/m0/s1.